The van der Waals surface area contributed by atoms with E-state index in [2.05, 4.69) is 40.1 Å². The molecule has 2 atom stereocenters. The van der Waals surface area contributed by atoms with E-state index in [-0.39, 0.29) is 5.91 Å². The summed E-state index contributed by atoms with van der Waals surface area (Å²) in [5, 5.41) is 3.70. The molecule has 0 aliphatic heterocycles. The summed E-state index contributed by atoms with van der Waals surface area (Å²) in [5.41, 5.74) is 4.93. The first-order valence-corrected chi connectivity index (χ1v) is 13.4. The predicted molar refractivity (Wildman–Crippen MR) is 147 cm³/mol. The molecule has 1 aromatic heterocycles. The van der Waals surface area contributed by atoms with Crippen LogP contribution in [0, 0.1) is 30.6 Å². The second-order valence-electron chi connectivity index (χ2n) is 9.85. The Morgan fingerprint density at radius 2 is 1.81 bits per heavy atom. The maximum absolute atomic E-state index is 12.9. The molecule has 1 saturated carbocycles. The number of nitrogens with one attached hydrogen (secondary N) is 1. The van der Waals surface area contributed by atoms with E-state index in [9.17, 15) is 4.79 Å². The summed E-state index contributed by atoms with van der Waals surface area (Å²) in [6.45, 7) is 4.29. The van der Waals surface area contributed by atoms with Crippen LogP contribution in [0.3, 0.4) is 0 Å². The lowest BCUT2D eigenvalue weighted by atomic mass is 9.92. The first-order chi connectivity index (χ1) is 17.5. The molecule has 2 aromatic carbocycles. The van der Waals surface area contributed by atoms with Crippen LogP contribution in [0.25, 0.3) is 0 Å². The molecule has 0 spiro atoms. The summed E-state index contributed by atoms with van der Waals surface area (Å²) >= 11 is 6.62. The number of halogens is 1. The van der Waals surface area contributed by atoms with E-state index < -0.39 is 0 Å². The summed E-state index contributed by atoms with van der Waals surface area (Å²) in [7, 11) is 0. The number of carbonyl (C=O) groups excluding carboxylic acids is 1. The zero-order chi connectivity index (χ0) is 25.3. The minimum atomic E-state index is -0.186. The van der Waals surface area contributed by atoms with Crippen molar-refractivity contribution in [2.24, 2.45) is 11.8 Å². The average Bonchev–Trinajstić information content (AvgIpc) is 3.13. The Hall–Kier alpha value is -3.16. The lowest BCUT2D eigenvalue weighted by Crippen LogP contribution is -2.12. The Bertz CT molecular complexity index is 1250. The van der Waals surface area contributed by atoms with Gasteiger partial charge >= 0.3 is 0 Å². The maximum Gasteiger partial charge on any atom is 0.255 e. The van der Waals surface area contributed by atoms with Crippen molar-refractivity contribution in [2.45, 2.75) is 65.2 Å². The van der Waals surface area contributed by atoms with Crippen molar-refractivity contribution >= 4 is 23.2 Å². The molecule has 3 aromatic rings. The molecule has 1 fully saturated rings. The fourth-order valence-electron chi connectivity index (χ4n) is 4.94. The number of carbonyl (C=O) groups is 1. The third-order valence-electron chi connectivity index (χ3n) is 7.32. The molecule has 4 nitrogen and oxygen atoms in total. The van der Waals surface area contributed by atoms with E-state index in [1.807, 2.05) is 37.3 Å². The van der Waals surface area contributed by atoms with Crippen molar-refractivity contribution in [2.75, 3.05) is 5.32 Å². The minimum Gasteiger partial charge on any atom is -0.322 e. The van der Waals surface area contributed by atoms with Gasteiger partial charge in [0.1, 0.15) is 6.33 Å². The molecular weight excluding hydrogens is 466 g/mol. The molecular formula is C31H34ClN3O. The number of hydrogen-bond donors (Lipinski definition) is 1. The van der Waals surface area contributed by atoms with Gasteiger partial charge in [0.25, 0.3) is 5.91 Å². The van der Waals surface area contributed by atoms with E-state index in [0.717, 1.165) is 40.5 Å². The van der Waals surface area contributed by atoms with Crippen molar-refractivity contribution in [1.82, 2.24) is 9.97 Å². The molecule has 0 radical (unpaired) electrons. The molecule has 1 amide bonds. The van der Waals surface area contributed by atoms with Crippen LogP contribution in [0.2, 0.25) is 5.02 Å². The number of rotatable bonds is 6. The monoisotopic (exact) mass is 499 g/mol. The van der Waals surface area contributed by atoms with Gasteiger partial charge in [-0.05, 0) is 67.0 Å². The summed E-state index contributed by atoms with van der Waals surface area (Å²) in [6, 6.07) is 11.4. The molecule has 4 rings (SSSR count). The zero-order valence-electron chi connectivity index (χ0n) is 21.2. The highest BCUT2D eigenvalue weighted by Crippen LogP contribution is 2.32. The van der Waals surface area contributed by atoms with Crippen LogP contribution < -0.4 is 5.32 Å². The molecule has 186 valence electrons. The number of nitrogens with zero attached hydrogens (tertiary/aromatic N) is 2. The van der Waals surface area contributed by atoms with Gasteiger partial charge in [-0.25, -0.2) is 9.97 Å². The highest BCUT2D eigenvalue weighted by Gasteiger charge is 2.18. The lowest BCUT2D eigenvalue weighted by molar-refractivity contribution is 0.102. The number of amides is 1. The van der Waals surface area contributed by atoms with Crippen LogP contribution in [0.15, 0.2) is 55.1 Å². The summed E-state index contributed by atoms with van der Waals surface area (Å²) in [4.78, 5) is 20.9. The summed E-state index contributed by atoms with van der Waals surface area (Å²) < 4.78 is 0. The first-order valence-electron chi connectivity index (χ1n) is 13.0. The fraction of sp³-hybridized carbons (Fsp3) is 0.387. The zero-order valence-corrected chi connectivity index (χ0v) is 21.9. The topological polar surface area (TPSA) is 54.9 Å². The highest BCUT2D eigenvalue weighted by atomic mass is 35.5. The molecule has 1 aliphatic rings. The quantitative estimate of drug-likeness (QED) is 0.280. The van der Waals surface area contributed by atoms with Crippen LogP contribution in [0.4, 0.5) is 5.69 Å². The number of hydrogen-bond acceptors (Lipinski definition) is 3. The third-order valence-corrected chi connectivity index (χ3v) is 7.67. The van der Waals surface area contributed by atoms with E-state index in [1.165, 1.54) is 51.3 Å². The Labute approximate surface area is 219 Å². The number of aromatic nitrogens is 2. The Balaban J connectivity index is 1.37. The van der Waals surface area contributed by atoms with Crippen LogP contribution >= 0.6 is 11.6 Å². The first kappa shape index (κ1) is 25.9. The molecule has 1 aliphatic carbocycles. The molecule has 0 bridgehead atoms. The molecule has 1 unspecified atom stereocenters. The number of aryl methyl sites for hydroxylation is 2. The smallest absolute Gasteiger partial charge is 0.255 e. The fourth-order valence-corrected chi connectivity index (χ4v) is 5.22. The standard InChI is InChI=1S/C31H34ClN3O/c1-3-23-5-4-6-24(9-8-23)10-13-26-15-16-29(18-30(26)32)35-31(36)28-12-7-22(2)27(17-28)14-11-25-19-33-21-34-20-25/h7,12,15-21,23-24H,3-6,8-10,13H2,1-2H3,(H,35,36)/t23-,24?/m1/s1. The van der Waals surface area contributed by atoms with Crippen LogP contribution in [-0.2, 0) is 6.42 Å². The van der Waals surface area contributed by atoms with Crippen LogP contribution in [0.5, 0.6) is 0 Å². The van der Waals surface area contributed by atoms with Gasteiger partial charge in [-0.2, -0.15) is 0 Å². The van der Waals surface area contributed by atoms with Crippen LogP contribution in [-0.4, -0.2) is 15.9 Å². The molecule has 5 heteroatoms. The minimum absolute atomic E-state index is 0.186. The van der Waals surface area contributed by atoms with Crippen molar-refractivity contribution < 1.29 is 4.79 Å². The van der Waals surface area contributed by atoms with E-state index in [1.54, 1.807) is 12.4 Å². The van der Waals surface area contributed by atoms with Crippen molar-refractivity contribution in [3.05, 3.63) is 88.0 Å². The third kappa shape index (κ3) is 7.18. The van der Waals surface area contributed by atoms with Crippen molar-refractivity contribution in [3.63, 3.8) is 0 Å². The number of benzene rings is 2. The van der Waals surface area contributed by atoms with E-state index in [4.69, 9.17) is 11.6 Å². The van der Waals surface area contributed by atoms with Gasteiger partial charge in [0.2, 0.25) is 0 Å². The molecule has 1 heterocycles. The average molecular weight is 500 g/mol. The second-order valence-corrected chi connectivity index (χ2v) is 10.3. The molecule has 1 N–H and O–H groups in total. The van der Waals surface area contributed by atoms with Gasteiger partial charge in [-0.15, -0.1) is 0 Å². The second kappa shape index (κ2) is 12.7. The Morgan fingerprint density at radius 3 is 2.58 bits per heavy atom. The predicted octanol–water partition coefficient (Wildman–Crippen LogP) is 7.63. The van der Waals surface area contributed by atoms with Gasteiger partial charge < -0.3 is 5.32 Å². The van der Waals surface area contributed by atoms with Gasteiger partial charge in [0.05, 0.1) is 5.56 Å². The maximum atomic E-state index is 12.9. The van der Waals surface area contributed by atoms with Gasteiger partial charge in [0.15, 0.2) is 0 Å². The van der Waals surface area contributed by atoms with E-state index in [0.29, 0.717) is 16.3 Å². The molecule has 0 saturated heterocycles. The van der Waals surface area contributed by atoms with Crippen molar-refractivity contribution in [3.8, 4) is 11.8 Å². The molecule has 36 heavy (non-hydrogen) atoms. The van der Waals surface area contributed by atoms with Crippen LogP contribution in [0.1, 0.15) is 84.5 Å². The largest absolute Gasteiger partial charge is 0.322 e. The summed E-state index contributed by atoms with van der Waals surface area (Å²) in [5.74, 6) is 7.70. The Morgan fingerprint density at radius 1 is 1.03 bits per heavy atom. The van der Waals surface area contributed by atoms with Crippen molar-refractivity contribution in [1.29, 1.82) is 0 Å². The Kier molecular flexibility index (Phi) is 9.14. The highest BCUT2D eigenvalue weighted by molar-refractivity contribution is 6.31. The van der Waals surface area contributed by atoms with E-state index >= 15 is 0 Å². The number of anilines is 1. The van der Waals surface area contributed by atoms with Gasteiger partial charge in [0, 0.05) is 34.2 Å². The van der Waals surface area contributed by atoms with Gasteiger partial charge in [-0.1, -0.05) is 81.0 Å². The summed E-state index contributed by atoms with van der Waals surface area (Å²) in [6.07, 6.45) is 15.1. The lowest BCUT2D eigenvalue weighted by Gasteiger charge is -2.15. The SMILES string of the molecule is CC[C@@H]1CCCC(CCc2ccc(NC(=O)c3ccc(C)c(C#Cc4cncnc4)c3)cc2Cl)CC1. The normalized spacial score (nSPS) is 17.5. The van der Waals surface area contributed by atoms with Gasteiger partial charge in [-0.3, -0.25) is 4.79 Å².